The fourth-order valence-corrected chi connectivity index (χ4v) is 2.50. The van der Waals surface area contributed by atoms with Gasteiger partial charge in [0.05, 0.1) is 0 Å². The molecule has 0 bridgehead atoms. The number of aromatic nitrogens is 4. The Morgan fingerprint density at radius 1 is 0.900 bits per heavy atom. The van der Waals surface area contributed by atoms with Crippen LogP contribution in [-0.2, 0) is 6.42 Å². The molecule has 0 amide bonds. The maximum atomic E-state index is 10.4. The van der Waals surface area contributed by atoms with Crippen molar-refractivity contribution in [2.45, 2.75) is 13.3 Å². The number of carbonyl (C=O) groups is 1. The van der Waals surface area contributed by atoms with E-state index in [-0.39, 0.29) is 55.7 Å². The van der Waals surface area contributed by atoms with E-state index in [0.717, 1.165) is 17.9 Å². The molecule has 0 aliphatic rings. The molecule has 0 spiro atoms. The number of hydrogen-bond donors (Lipinski definition) is 0. The largest absolute Gasteiger partial charge is 1.00 e. The van der Waals surface area contributed by atoms with Gasteiger partial charge in [-0.2, -0.15) is 0 Å². The molecule has 30 heavy (non-hydrogen) atoms. The number of halogens is 2. The summed E-state index contributed by atoms with van der Waals surface area (Å²) >= 11 is 11.3. The minimum Gasteiger partial charge on any atom is -1.00 e. The van der Waals surface area contributed by atoms with Crippen LogP contribution >= 0.6 is 23.2 Å². The molecule has 11 heteroatoms. The number of aldehydes is 1. The first-order valence-electron chi connectivity index (χ1n) is 8.20. The summed E-state index contributed by atoms with van der Waals surface area (Å²) < 4.78 is 10.7. The molecule has 0 unspecified atom stereocenters. The second-order valence-corrected chi connectivity index (χ2v) is 6.04. The van der Waals surface area contributed by atoms with Crippen LogP contribution in [0, 0.1) is 0 Å². The molecule has 0 aromatic carbocycles. The van der Waals surface area contributed by atoms with Crippen molar-refractivity contribution in [3.05, 3.63) is 70.9 Å². The van der Waals surface area contributed by atoms with E-state index in [0.29, 0.717) is 23.4 Å². The normalized spacial score (nSPS) is 9.57. The molecule has 4 rings (SSSR count). The van der Waals surface area contributed by atoms with Gasteiger partial charge in [-0.1, -0.05) is 6.92 Å². The second kappa shape index (κ2) is 12.7. The van der Waals surface area contributed by atoms with Gasteiger partial charge >= 0.3 is 29.6 Å². The summed E-state index contributed by atoms with van der Waals surface area (Å²) in [5, 5.41) is 0.378. The zero-order valence-corrected chi connectivity index (χ0v) is 19.8. The van der Waals surface area contributed by atoms with Gasteiger partial charge in [0.1, 0.15) is 17.1 Å². The quantitative estimate of drug-likeness (QED) is 0.265. The first kappa shape index (κ1) is 26.1. The van der Waals surface area contributed by atoms with Crippen molar-refractivity contribution >= 4 is 37.9 Å². The Bertz CT molecular complexity index is 1100. The Labute approximate surface area is 208 Å². The molecule has 0 N–H and O–H groups in total. The van der Waals surface area contributed by atoms with E-state index in [4.69, 9.17) is 32.0 Å². The Morgan fingerprint density at radius 2 is 1.43 bits per heavy atom. The summed E-state index contributed by atoms with van der Waals surface area (Å²) in [6, 6.07) is 10.5. The van der Waals surface area contributed by atoms with E-state index in [2.05, 4.69) is 19.9 Å². The number of rotatable bonds is 4. The maximum absolute atomic E-state index is 10.4. The summed E-state index contributed by atoms with van der Waals surface area (Å²) in [6.45, 7) is 2.04. The van der Waals surface area contributed by atoms with Crippen LogP contribution < -0.4 is 29.6 Å². The average molecular weight is 452 g/mol. The minimum atomic E-state index is 0. The van der Waals surface area contributed by atoms with E-state index in [1.807, 2.05) is 19.1 Å². The Balaban J connectivity index is 0.000000529. The molecular formula is C19H15BCl2N4NaO3. The Kier molecular flexibility index (Phi) is 11.0. The van der Waals surface area contributed by atoms with Crippen LogP contribution in [0.15, 0.2) is 57.6 Å². The maximum Gasteiger partial charge on any atom is 1.00 e. The van der Waals surface area contributed by atoms with Crippen molar-refractivity contribution in [3.8, 4) is 22.9 Å². The molecule has 0 aliphatic heterocycles. The van der Waals surface area contributed by atoms with Gasteiger partial charge in [0.15, 0.2) is 23.6 Å². The summed E-state index contributed by atoms with van der Waals surface area (Å²) in [5.74, 6) is 2.42. The molecule has 4 aromatic rings. The molecule has 0 fully saturated rings. The van der Waals surface area contributed by atoms with Crippen molar-refractivity contribution in [3.63, 3.8) is 0 Å². The number of hydrogen-bond acceptors (Lipinski definition) is 7. The van der Waals surface area contributed by atoms with E-state index in [9.17, 15) is 4.79 Å². The second-order valence-electron chi connectivity index (χ2n) is 5.36. The average Bonchev–Trinajstić information content (AvgIpc) is 3.38. The first-order chi connectivity index (χ1) is 13.6. The monoisotopic (exact) mass is 451 g/mol. The summed E-state index contributed by atoms with van der Waals surface area (Å²) in [6.07, 6.45) is 4.64. The molecule has 0 aliphatic carbocycles. The number of furan rings is 2. The first-order valence-corrected chi connectivity index (χ1v) is 8.96. The standard InChI is InChI=1S/C10H9ClN2O.C9H5ClN2O2.B.Na.H/c1-2-7-3-4-9(14-7)8-5-6-12-10(11)13-8;10-9-11-4-3-7(12-9)8-2-1-6(5-13)14-8;;;/h3-6H,2H2,1H3;1-5H;;;/q;;;+1;-1. The minimum absolute atomic E-state index is 0. The van der Waals surface area contributed by atoms with Crippen LogP contribution in [-0.4, -0.2) is 34.6 Å². The fourth-order valence-electron chi connectivity index (χ4n) is 2.20. The predicted octanol–water partition coefficient (Wildman–Crippen LogP) is 1.89. The van der Waals surface area contributed by atoms with Gasteiger partial charge in [0, 0.05) is 27.2 Å². The van der Waals surface area contributed by atoms with Crippen LogP contribution in [0.2, 0.25) is 10.6 Å². The van der Waals surface area contributed by atoms with Gasteiger partial charge in [0.25, 0.3) is 0 Å². The SMILES string of the molecule is CCc1ccc(-c2ccnc(Cl)n2)o1.O=Cc1ccc(-c2ccnc(Cl)n2)o1.[B].[H-].[Na+]. The summed E-state index contributed by atoms with van der Waals surface area (Å²) in [5.41, 5.74) is 1.27. The van der Waals surface area contributed by atoms with E-state index in [1.165, 1.54) is 6.20 Å². The van der Waals surface area contributed by atoms with Gasteiger partial charge in [-0.3, -0.25) is 4.79 Å². The van der Waals surface area contributed by atoms with Crippen molar-refractivity contribution in [1.29, 1.82) is 0 Å². The van der Waals surface area contributed by atoms with Crippen molar-refractivity contribution in [2.75, 3.05) is 0 Å². The molecule has 0 saturated heterocycles. The van der Waals surface area contributed by atoms with E-state index in [1.54, 1.807) is 30.5 Å². The van der Waals surface area contributed by atoms with E-state index < -0.39 is 0 Å². The van der Waals surface area contributed by atoms with Crippen LogP contribution in [0.5, 0.6) is 0 Å². The molecule has 4 aromatic heterocycles. The third-order valence-corrected chi connectivity index (χ3v) is 3.87. The van der Waals surface area contributed by atoms with Crippen LogP contribution in [0.1, 0.15) is 24.7 Å². The molecular weight excluding hydrogens is 437 g/mol. The van der Waals surface area contributed by atoms with Gasteiger partial charge in [0.2, 0.25) is 10.6 Å². The molecule has 4 heterocycles. The van der Waals surface area contributed by atoms with Gasteiger partial charge < -0.3 is 10.3 Å². The zero-order valence-electron chi connectivity index (χ0n) is 17.3. The van der Waals surface area contributed by atoms with Crippen molar-refractivity contribution < 1.29 is 44.6 Å². The number of aryl methyl sites for hydroxylation is 1. The Morgan fingerprint density at radius 3 is 1.87 bits per heavy atom. The van der Waals surface area contributed by atoms with Crippen LogP contribution in [0.4, 0.5) is 0 Å². The third kappa shape index (κ3) is 7.07. The van der Waals surface area contributed by atoms with Gasteiger partial charge in [-0.15, -0.1) is 0 Å². The predicted molar refractivity (Wildman–Crippen MR) is 111 cm³/mol. The molecule has 7 nitrogen and oxygen atoms in total. The number of carbonyl (C=O) groups excluding carboxylic acids is 1. The topological polar surface area (TPSA) is 94.9 Å². The molecule has 0 saturated carbocycles. The summed E-state index contributed by atoms with van der Waals surface area (Å²) in [7, 11) is 0. The van der Waals surface area contributed by atoms with Crippen molar-refractivity contribution in [2.24, 2.45) is 0 Å². The van der Waals surface area contributed by atoms with Crippen molar-refractivity contribution in [1.82, 2.24) is 19.9 Å². The zero-order chi connectivity index (χ0) is 19.9. The smallest absolute Gasteiger partial charge is 1.00 e. The van der Waals surface area contributed by atoms with Crippen LogP contribution in [0.25, 0.3) is 22.9 Å². The summed E-state index contributed by atoms with van der Waals surface area (Å²) in [4.78, 5) is 25.9. The van der Waals surface area contributed by atoms with Gasteiger partial charge in [-0.25, -0.2) is 19.9 Å². The van der Waals surface area contributed by atoms with Gasteiger partial charge in [-0.05, 0) is 59.6 Å². The Hall–Kier alpha value is -1.97. The molecule has 147 valence electrons. The fraction of sp³-hybridized carbons (Fsp3) is 0.105. The van der Waals surface area contributed by atoms with E-state index >= 15 is 0 Å². The molecule has 3 radical (unpaired) electrons. The molecule has 0 atom stereocenters. The number of nitrogens with zero attached hydrogens (tertiary/aromatic N) is 4. The van der Waals surface area contributed by atoms with Crippen LogP contribution in [0.3, 0.4) is 0 Å². The third-order valence-electron chi connectivity index (χ3n) is 3.51.